The van der Waals surface area contributed by atoms with Crippen LogP contribution in [0.1, 0.15) is 6.92 Å². The molecule has 0 amide bonds. The Hall–Kier alpha value is -1.43. The van der Waals surface area contributed by atoms with Gasteiger partial charge in [0.2, 0.25) is 0 Å². The van der Waals surface area contributed by atoms with Crippen LogP contribution in [0.2, 0.25) is 10.0 Å². The van der Waals surface area contributed by atoms with Gasteiger partial charge in [0.05, 0.1) is 20.6 Å². The smallest absolute Gasteiger partial charge is 0.261 e. The van der Waals surface area contributed by atoms with E-state index in [-0.39, 0.29) is 15.6 Å². The Morgan fingerprint density at radius 1 is 1.05 bits per heavy atom. The number of rotatable bonds is 5. The van der Waals surface area contributed by atoms with Crippen LogP contribution in [0.25, 0.3) is 0 Å². The molecule has 0 saturated heterocycles. The summed E-state index contributed by atoms with van der Waals surface area (Å²) in [5.41, 5.74) is 1.11. The van der Waals surface area contributed by atoms with E-state index in [2.05, 4.69) is 10.0 Å². The Bertz CT molecular complexity index is 731. The van der Waals surface area contributed by atoms with Gasteiger partial charge in [-0.05, 0) is 43.3 Å². The number of nitrogens with one attached hydrogen (secondary N) is 2. The molecule has 0 spiro atoms. The Morgan fingerprint density at radius 3 is 2.33 bits per heavy atom. The van der Waals surface area contributed by atoms with Gasteiger partial charge in [-0.2, -0.15) is 0 Å². The molecule has 2 aromatic rings. The minimum absolute atomic E-state index is 0.153. The fraction of sp³-hybridized carbons (Fsp3) is 0.143. The Morgan fingerprint density at radius 2 is 1.71 bits per heavy atom. The van der Waals surface area contributed by atoms with Gasteiger partial charge in [-0.3, -0.25) is 4.72 Å². The second-order valence-corrected chi connectivity index (χ2v) is 6.73. The van der Waals surface area contributed by atoms with Crippen LogP contribution in [-0.2, 0) is 10.0 Å². The summed E-state index contributed by atoms with van der Waals surface area (Å²) in [7, 11) is -3.71. The molecule has 0 heterocycles. The van der Waals surface area contributed by atoms with Crippen molar-refractivity contribution in [3.8, 4) is 0 Å². The van der Waals surface area contributed by atoms with E-state index in [0.717, 1.165) is 12.2 Å². The van der Waals surface area contributed by atoms with Crippen LogP contribution in [0.3, 0.4) is 0 Å². The molecule has 0 radical (unpaired) electrons. The van der Waals surface area contributed by atoms with Gasteiger partial charge >= 0.3 is 0 Å². The third-order valence-corrected chi connectivity index (χ3v) is 4.94. The zero-order valence-electron chi connectivity index (χ0n) is 11.2. The first kappa shape index (κ1) is 15.9. The zero-order chi connectivity index (χ0) is 15.5. The molecule has 0 aliphatic carbocycles. The highest BCUT2D eigenvalue weighted by Gasteiger charge is 2.16. The van der Waals surface area contributed by atoms with Gasteiger partial charge in [0.1, 0.15) is 0 Å². The molecule has 2 N–H and O–H groups in total. The second-order valence-electron chi connectivity index (χ2n) is 4.26. The van der Waals surface area contributed by atoms with Gasteiger partial charge in [0.15, 0.2) is 0 Å². The van der Waals surface area contributed by atoms with Gasteiger partial charge < -0.3 is 5.32 Å². The molecule has 112 valence electrons. The first-order valence-corrected chi connectivity index (χ1v) is 8.48. The van der Waals surface area contributed by atoms with Crippen molar-refractivity contribution in [1.82, 2.24) is 0 Å². The number of benzene rings is 2. The predicted molar refractivity (Wildman–Crippen MR) is 87.9 cm³/mol. The predicted octanol–water partition coefficient (Wildman–Crippen LogP) is 4.23. The summed E-state index contributed by atoms with van der Waals surface area (Å²) in [6.07, 6.45) is 0. The van der Waals surface area contributed by atoms with E-state index in [1.165, 1.54) is 12.1 Å². The van der Waals surface area contributed by atoms with Crippen molar-refractivity contribution in [1.29, 1.82) is 0 Å². The Balaban J connectivity index is 2.27. The lowest BCUT2D eigenvalue weighted by Gasteiger charge is -2.11. The molecule has 4 nitrogen and oxygen atoms in total. The van der Waals surface area contributed by atoms with Crippen LogP contribution in [0.4, 0.5) is 11.4 Å². The van der Waals surface area contributed by atoms with Crippen molar-refractivity contribution >= 4 is 44.6 Å². The number of hydrogen-bond donors (Lipinski definition) is 2. The summed E-state index contributed by atoms with van der Waals surface area (Å²) in [6, 6.07) is 11.2. The van der Waals surface area contributed by atoms with E-state index in [1.54, 1.807) is 30.3 Å². The molecule has 0 saturated carbocycles. The van der Waals surface area contributed by atoms with Crippen molar-refractivity contribution in [3.05, 3.63) is 52.5 Å². The summed E-state index contributed by atoms with van der Waals surface area (Å²) in [6.45, 7) is 2.73. The summed E-state index contributed by atoms with van der Waals surface area (Å²) >= 11 is 11.9. The van der Waals surface area contributed by atoms with Crippen LogP contribution in [-0.4, -0.2) is 15.0 Å². The molecule has 2 rings (SSSR count). The number of sulfonamides is 1. The van der Waals surface area contributed by atoms with Gasteiger partial charge in [-0.15, -0.1) is 0 Å². The second kappa shape index (κ2) is 6.56. The van der Waals surface area contributed by atoms with Crippen LogP contribution in [0.5, 0.6) is 0 Å². The average Bonchev–Trinajstić information content (AvgIpc) is 2.45. The molecule has 0 bridgehead atoms. The topological polar surface area (TPSA) is 58.2 Å². The fourth-order valence-corrected chi connectivity index (χ4v) is 3.22. The summed E-state index contributed by atoms with van der Waals surface area (Å²) in [5, 5.41) is 3.56. The fourth-order valence-electron chi connectivity index (χ4n) is 1.74. The lowest BCUT2D eigenvalue weighted by Crippen LogP contribution is -2.13. The molecule has 0 aliphatic rings. The SMILES string of the molecule is CCNc1ccc(S(=O)(=O)Nc2cccc(Cl)c2Cl)cc1. The molecule has 0 unspecified atom stereocenters. The molecule has 0 aromatic heterocycles. The summed E-state index contributed by atoms with van der Waals surface area (Å²) in [5.74, 6) is 0. The number of halogens is 2. The molecule has 0 aliphatic heterocycles. The van der Waals surface area contributed by atoms with E-state index in [0.29, 0.717) is 5.02 Å². The minimum Gasteiger partial charge on any atom is -0.385 e. The molecule has 7 heteroatoms. The maximum absolute atomic E-state index is 12.3. The van der Waals surface area contributed by atoms with Crippen molar-refractivity contribution in [2.24, 2.45) is 0 Å². The van der Waals surface area contributed by atoms with Crippen LogP contribution >= 0.6 is 23.2 Å². The highest BCUT2D eigenvalue weighted by atomic mass is 35.5. The summed E-state index contributed by atoms with van der Waals surface area (Å²) in [4.78, 5) is 0.153. The molecular weight excluding hydrogens is 331 g/mol. The standard InChI is InChI=1S/C14H14Cl2N2O2S/c1-2-17-10-6-8-11(9-7-10)21(19,20)18-13-5-3-4-12(15)14(13)16/h3-9,17-18H,2H2,1H3. The maximum Gasteiger partial charge on any atom is 0.261 e. The van der Waals surface area contributed by atoms with Gasteiger partial charge in [-0.1, -0.05) is 29.3 Å². The highest BCUT2D eigenvalue weighted by molar-refractivity contribution is 7.92. The molecule has 0 atom stereocenters. The summed E-state index contributed by atoms with van der Waals surface area (Å²) < 4.78 is 27.0. The zero-order valence-corrected chi connectivity index (χ0v) is 13.6. The van der Waals surface area contributed by atoms with Gasteiger partial charge in [0, 0.05) is 12.2 Å². The van der Waals surface area contributed by atoms with Gasteiger partial charge in [0.25, 0.3) is 10.0 Å². The van der Waals surface area contributed by atoms with Crippen LogP contribution < -0.4 is 10.0 Å². The van der Waals surface area contributed by atoms with Crippen molar-refractivity contribution < 1.29 is 8.42 Å². The third kappa shape index (κ3) is 3.81. The first-order valence-electron chi connectivity index (χ1n) is 6.25. The van der Waals surface area contributed by atoms with E-state index >= 15 is 0 Å². The average molecular weight is 345 g/mol. The lowest BCUT2D eigenvalue weighted by molar-refractivity contribution is 0.601. The van der Waals surface area contributed by atoms with E-state index in [9.17, 15) is 8.42 Å². The van der Waals surface area contributed by atoms with Crippen LogP contribution in [0, 0.1) is 0 Å². The van der Waals surface area contributed by atoms with Crippen molar-refractivity contribution in [2.45, 2.75) is 11.8 Å². The van der Waals surface area contributed by atoms with Crippen molar-refractivity contribution in [3.63, 3.8) is 0 Å². The molecular formula is C14H14Cl2N2O2S. The lowest BCUT2D eigenvalue weighted by atomic mass is 10.3. The van der Waals surface area contributed by atoms with Crippen molar-refractivity contribution in [2.75, 3.05) is 16.6 Å². The van der Waals surface area contributed by atoms with Gasteiger partial charge in [-0.25, -0.2) is 8.42 Å². The Labute approximate surface area is 134 Å². The maximum atomic E-state index is 12.3. The van der Waals surface area contributed by atoms with Crippen LogP contribution in [0.15, 0.2) is 47.4 Å². The quantitative estimate of drug-likeness (QED) is 0.853. The first-order chi connectivity index (χ1) is 9.94. The highest BCUT2D eigenvalue weighted by Crippen LogP contribution is 2.31. The molecule has 0 fully saturated rings. The van der Waals surface area contributed by atoms with E-state index < -0.39 is 10.0 Å². The molecule has 2 aromatic carbocycles. The van der Waals surface area contributed by atoms with E-state index in [1.807, 2.05) is 6.92 Å². The number of anilines is 2. The van der Waals surface area contributed by atoms with E-state index in [4.69, 9.17) is 23.2 Å². The minimum atomic E-state index is -3.71. The third-order valence-electron chi connectivity index (χ3n) is 2.74. The molecule has 21 heavy (non-hydrogen) atoms. The largest absolute Gasteiger partial charge is 0.385 e. The number of hydrogen-bond acceptors (Lipinski definition) is 3. The monoisotopic (exact) mass is 344 g/mol. The Kier molecular flexibility index (Phi) is 4.98. The normalized spacial score (nSPS) is 11.2.